The number of aromatic nitrogens is 1. The number of hydrogen-bond acceptors (Lipinski definition) is 7. The van der Waals surface area contributed by atoms with Crippen molar-refractivity contribution in [2.75, 3.05) is 52.8 Å². The van der Waals surface area contributed by atoms with E-state index in [2.05, 4.69) is 22.2 Å². The molecule has 9 nitrogen and oxygen atoms in total. The number of likely N-dealkylation sites (tertiary alicyclic amines) is 1. The number of amides is 2. The highest BCUT2D eigenvalue weighted by molar-refractivity contribution is 6.39. The normalized spacial score (nSPS) is 14.3. The van der Waals surface area contributed by atoms with Gasteiger partial charge in [0.25, 0.3) is 0 Å². The number of ether oxygens (including phenoxy) is 3. The first kappa shape index (κ1) is 26.2. The molecule has 0 spiro atoms. The van der Waals surface area contributed by atoms with E-state index in [1.807, 2.05) is 12.1 Å². The lowest BCUT2D eigenvalue weighted by atomic mass is 9.98. The van der Waals surface area contributed by atoms with Gasteiger partial charge in [0.05, 0.1) is 19.2 Å². The molecule has 37 heavy (non-hydrogen) atoms. The van der Waals surface area contributed by atoms with Crippen LogP contribution >= 0.6 is 0 Å². The van der Waals surface area contributed by atoms with Gasteiger partial charge in [0.15, 0.2) is 11.5 Å². The molecule has 2 amide bonds. The minimum Gasteiger partial charge on any atom is -0.493 e. The molecule has 0 bridgehead atoms. The number of benzene rings is 2. The topological polar surface area (TPSA) is 93.2 Å². The molecule has 4 rings (SSSR count). The fourth-order valence-electron chi connectivity index (χ4n) is 4.16. The van der Waals surface area contributed by atoms with Crippen LogP contribution in [0.4, 0.5) is 5.69 Å². The van der Waals surface area contributed by atoms with E-state index in [4.69, 9.17) is 14.2 Å². The van der Waals surface area contributed by atoms with Crippen LogP contribution in [0.25, 0.3) is 10.9 Å². The molecule has 0 unspecified atom stereocenters. The summed E-state index contributed by atoms with van der Waals surface area (Å²) in [6, 6.07) is 12.4. The number of anilines is 1. The Morgan fingerprint density at radius 1 is 1.08 bits per heavy atom. The number of likely N-dealkylation sites (N-methyl/N-ethyl adjacent to an activating group) is 1. The Morgan fingerprint density at radius 3 is 2.49 bits per heavy atom. The van der Waals surface area contributed by atoms with Crippen molar-refractivity contribution in [1.82, 2.24) is 14.8 Å². The number of nitrogens with one attached hydrogen (secondary N) is 1. The molecule has 2 aromatic carbocycles. The monoisotopic (exact) mass is 506 g/mol. The van der Waals surface area contributed by atoms with E-state index < -0.39 is 11.8 Å². The van der Waals surface area contributed by atoms with Gasteiger partial charge in [-0.1, -0.05) is 0 Å². The van der Waals surface area contributed by atoms with E-state index in [9.17, 15) is 9.59 Å². The van der Waals surface area contributed by atoms with E-state index in [1.165, 1.54) is 4.90 Å². The second-order valence-electron chi connectivity index (χ2n) is 9.29. The van der Waals surface area contributed by atoms with Crippen molar-refractivity contribution in [3.8, 4) is 23.0 Å². The molecular formula is C28H34N4O5. The van der Waals surface area contributed by atoms with Crippen LogP contribution in [0.15, 0.2) is 48.7 Å². The van der Waals surface area contributed by atoms with Crippen molar-refractivity contribution < 1.29 is 23.8 Å². The van der Waals surface area contributed by atoms with Gasteiger partial charge >= 0.3 is 11.8 Å². The predicted molar refractivity (Wildman–Crippen MR) is 142 cm³/mol. The molecule has 196 valence electrons. The van der Waals surface area contributed by atoms with Crippen LogP contribution in [0.5, 0.6) is 23.0 Å². The van der Waals surface area contributed by atoms with Crippen LogP contribution in [0.1, 0.15) is 19.8 Å². The molecule has 1 fully saturated rings. The molecule has 0 saturated carbocycles. The number of rotatable bonds is 8. The lowest BCUT2D eigenvalue weighted by Crippen LogP contribution is -2.36. The molecule has 2 heterocycles. The van der Waals surface area contributed by atoms with E-state index in [-0.39, 0.29) is 0 Å². The quantitative estimate of drug-likeness (QED) is 0.458. The Balaban J connectivity index is 1.46. The lowest BCUT2D eigenvalue weighted by Gasteiger charge is -2.28. The van der Waals surface area contributed by atoms with E-state index in [0.29, 0.717) is 47.8 Å². The summed E-state index contributed by atoms with van der Waals surface area (Å²) in [5.41, 5.74) is 1.24. The second kappa shape index (κ2) is 11.9. The number of methoxy groups -OCH3 is 1. The molecule has 0 radical (unpaired) electrons. The highest BCUT2D eigenvalue weighted by Gasteiger charge is 2.19. The Morgan fingerprint density at radius 2 is 1.81 bits per heavy atom. The van der Waals surface area contributed by atoms with Gasteiger partial charge < -0.3 is 29.3 Å². The third-order valence-electron chi connectivity index (χ3n) is 6.65. The van der Waals surface area contributed by atoms with Crippen molar-refractivity contribution >= 4 is 28.4 Å². The maximum Gasteiger partial charge on any atom is 0.313 e. The summed E-state index contributed by atoms with van der Waals surface area (Å²) in [4.78, 5) is 32.3. The van der Waals surface area contributed by atoms with Gasteiger partial charge in [-0.15, -0.1) is 0 Å². The van der Waals surface area contributed by atoms with Gasteiger partial charge in [-0.3, -0.25) is 14.6 Å². The van der Waals surface area contributed by atoms with Gasteiger partial charge in [-0.25, -0.2) is 0 Å². The third-order valence-corrected chi connectivity index (χ3v) is 6.65. The summed E-state index contributed by atoms with van der Waals surface area (Å²) in [6.07, 6.45) is 3.93. The zero-order chi connectivity index (χ0) is 26.4. The minimum atomic E-state index is -0.681. The molecule has 9 heteroatoms. The Hall–Kier alpha value is -3.85. The predicted octanol–water partition coefficient (Wildman–Crippen LogP) is 4.17. The summed E-state index contributed by atoms with van der Waals surface area (Å²) in [6.45, 7) is 5.09. The highest BCUT2D eigenvalue weighted by atomic mass is 16.5. The van der Waals surface area contributed by atoms with Crippen molar-refractivity contribution in [2.45, 2.75) is 19.8 Å². The molecule has 0 aliphatic carbocycles. The first-order valence-corrected chi connectivity index (χ1v) is 12.5. The van der Waals surface area contributed by atoms with Crippen molar-refractivity contribution in [1.29, 1.82) is 0 Å². The van der Waals surface area contributed by atoms with Crippen LogP contribution in [0.3, 0.4) is 0 Å². The number of pyridine rings is 1. The first-order valence-electron chi connectivity index (χ1n) is 12.5. The van der Waals surface area contributed by atoms with Gasteiger partial charge in [-0.05, 0) is 82.2 Å². The Labute approximate surface area is 217 Å². The van der Waals surface area contributed by atoms with Gasteiger partial charge in [0.1, 0.15) is 11.5 Å². The molecule has 0 atom stereocenters. The summed E-state index contributed by atoms with van der Waals surface area (Å²) < 4.78 is 17.9. The molecule has 1 aromatic heterocycles. The zero-order valence-electron chi connectivity index (χ0n) is 21.8. The van der Waals surface area contributed by atoms with E-state index in [0.717, 1.165) is 36.8 Å². The fourth-order valence-corrected chi connectivity index (χ4v) is 4.16. The maximum atomic E-state index is 12.1. The van der Waals surface area contributed by atoms with Crippen LogP contribution in [0.2, 0.25) is 0 Å². The van der Waals surface area contributed by atoms with E-state index in [1.54, 1.807) is 57.6 Å². The zero-order valence-corrected chi connectivity index (χ0v) is 21.8. The van der Waals surface area contributed by atoms with Crippen LogP contribution < -0.4 is 19.5 Å². The molecular weight excluding hydrogens is 472 g/mol. The number of fused-ring (bicyclic) bond motifs is 1. The van der Waals surface area contributed by atoms with Crippen LogP contribution in [-0.4, -0.2) is 74.0 Å². The van der Waals surface area contributed by atoms with Crippen molar-refractivity contribution in [3.05, 3.63) is 48.7 Å². The maximum absolute atomic E-state index is 12.1. The standard InChI is InChI=1S/C28H34N4O5/c1-5-32(3)28(34)27(33)30-20-6-8-21(9-7-20)37-24-10-13-29-23-17-26(25(35-4)16-22(23)24)36-18-19-11-14-31(2)15-12-19/h6-10,13,16-17,19H,5,11-12,14-15,18H2,1-4H3,(H,30,33). The first-order chi connectivity index (χ1) is 17.9. The summed E-state index contributed by atoms with van der Waals surface area (Å²) in [5, 5.41) is 3.40. The third kappa shape index (κ3) is 6.48. The second-order valence-corrected chi connectivity index (χ2v) is 9.29. The largest absolute Gasteiger partial charge is 0.493 e. The molecule has 1 aliphatic rings. The minimum absolute atomic E-state index is 0.454. The lowest BCUT2D eigenvalue weighted by molar-refractivity contribution is -0.142. The van der Waals surface area contributed by atoms with E-state index >= 15 is 0 Å². The number of hydrogen-bond donors (Lipinski definition) is 1. The smallest absolute Gasteiger partial charge is 0.313 e. The number of piperidine rings is 1. The van der Waals surface area contributed by atoms with Crippen LogP contribution in [0, 0.1) is 5.92 Å². The highest BCUT2D eigenvalue weighted by Crippen LogP contribution is 2.37. The summed E-state index contributed by atoms with van der Waals surface area (Å²) >= 11 is 0. The number of carbonyl (C=O) groups excluding carboxylic acids is 2. The van der Waals surface area contributed by atoms with Crippen molar-refractivity contribution in [3.63, 3.8) is 0 Å². The number of nitrogens with zero attached hydrogens (tertiary/aromatic N) is 3. The average molecular weight is 507 g/mol. The SMILES string of the molecule is CCN(C)C(=O)C(=O)Nc1ccc(Oc2ccnc3cc(OCC4CCN(C)CC4)c(OC)cc23)cc1. The Bertz CT molecular complexity index is 1240. The summed E-state index contributed by atoms with van der Waals surface area (Å²) in [7, 11) is 5.35. The molecule has 1 saturated heterocycles. The fraction of sp³-hybridized carbons (Fsp3) is 0.393. The Kier molecular flexibility index (Phi) is 8.45. The van der Waals surface area contributed by atoms with Crippen LogP contribution in [-0.2, 0) is 9.59 Å². The van der Waals surface area contributed by atoms with Gasteiger partial charge in [-0.2, -0.15) is 0 Å². The molecule has 1 N–H and O–H groups in total. The molecule has 1 aliphatic heterocycles. The van der Waals surface area contributed by atoms with Crippen molar-refractivity contribution in [2.24, 2.45) is 5.92 Å². The molecule has 3 aromatic rings. The van der Waals surface area contributed by atoms with Gasteiger partial charge in [0, 0.05) is 36.9 Å². The summed E-state index contributed by atoms with van der Waals surface area (Å²) in [5.74, 6) is 1.73. The number of carbonyl (C=O) groups is 2. The average Bonchev–Trinajstić information content (AvgIpc) is 2.92. The van der Waals surface area contributed by atoms with Gasteiger partial charge in [0.2, 0.25) is 0 Å².